The first kappa shape index (κ1) is 21.0. The van der Waals surface area contributed by atoms with E-state index in [1.165, 1.54) is 0 Å². The first-order valence-corrected chi connectivity index (χ1v) is 12.3. The SMILES string of the molecule is O=C(NCCCN1CCOCC1)c1cc(-c2ccccc2)n([C@H]2CCS(=O)(=O)C2)n1. The van der Waals surface area contributed by atoms with E-state index >= 15 is 0 Å². The second-order valence-electron chi connectivity index (χ2n) is 7.85. The molecule has 1 aromatic heterocycles. The third-order valence-corrected chi connectivity index (χ3v) is 7.38. The molecule has 0 radical (unpaired) electrons. The van der Waals surface area contributed by atoms with Gasteiger partial charge in [0.15, 0.2) is 15.5 Å². The van der Waals surface area contributed by atoms with E-state index in [9.17, 15) is 13.2 Å². The molecule has 2 fully saturated rings. The summed E-state index contributed by atoms with van der Waals surface area (Å²) in [6.45, 7) is 4.90. The summed E-state index contributed by atoms with van der Waals surface area (Å²) < 4.78 is 31.0. The van der Waals surface area contributed by atoms with Gasteiger partial charge in [-0.2, -0.15) is 5.10 Å². The van der Waals surface area contributed by atoms with Crippen molar-refractivity contribution in [1.29, 1.82) is 0 Å². The van der Waals surface area contributed by atoms with Crippen LogP contribution in [0.2, 0.25) is 0 Å². The molecule has 8 nitrogen and oxygen atoms in total. The molecule has 9 heteroatoms. The molecule has 4 rings (SSSR count). The predicted octanol–water partition coefficient (Wildman–Crippen LogP) is 1.36. The van der Waals surface area contributed by atoms with Gasteiger partial charge in [-0.25, -0.2) is 8.42 Å². The van der Waals surface area contributed by atoms with Crippen LogP contribution in [-0.4, -0.2) is 79.9 Å². The molecule has 1 N–H and O–H groups in total. The number of sulfone groups is 1. The van der Waals surface area contributed by atoms with Gasteiger partial charge in [0.2, 0.25) is 0 Å². The molecule has 30 heavy (non-hydrogen) atoms. The van der Waals surface area contributed by atoms with Crippen molar-refractivity contribution < 1.29 is 17.9 Å². The molecule has 1 amide bonds. The van der Waals surface area contributed by atoms with E-state index in [0.717, 1.165) is 50.5 Å². The van der Waals surface area contributed by atoms with E-state index in [1.807, 2.05) is 30.3 Å². The van der Waals surface area contributed by atoms with Gasteiger partial charge < -0.3 is 10.1 Å². The molecule has 162 valence electrons. The summed E-state index contributed by atoms with van der Waals surface area (Å²) in [5, 5.41) is 7.46. The fourth-order valence-electron chi connectivity index (χ4n) is 4.00. The summed E-state index contributed by atoms with van der Waals surface area (Å²) in [5.74, 6) is -0.00186. The van der Waals surface area contributed by atoms with Gasteiger partial charge in [-0.05, 0) is 31.0 Å². The molecule has 2 aliphatic rings. The Balaban J connectivity index is 1.44. The van der Waals surface area contributed by atoms with Gasteiger partial charge in [-0.3, -0.25) is 14.4 Å². The molecule has 0 saturated carbocycles. The van der Waals surface area contributed by atoms with Crippen LogP contribution in [0.3, 0.4) is 0 Å². The van der Waals surface area contributed by atoms with Crippen LogP contribution >= 0.6 is 0 Å². The third kappa shape index (κ3) is 5.08. The fourth-order valence-corrected chi connectivity index (χ4v) is 5.69. The van der Waals surface area contributed by atoms with E-state index in [1.54, 1.807) is 10.7 Å². The average Bonchev–Trinajstić information content (AvgIpc) is 3.36. The standard InChI is InChI=1S/C21H28N4O4S/c26-21(22-8-4-9-24-10-12-29-13-11-24)19-15-20(17-5-2-1-3-6-17)25(23-19)18-7-14-30(27,28)16-18/h1-3,5-6,15,18H,4,7-14,16H2,(H,22,26)/t18-/m0/s1. The molecule has 0 bridgehead atoms. The monoisotopic (exact) mass is 432 g/mol. The predicted molar refractivity (Wildman–Crippen MR) is 114 cm³/mol. The number of nitrogens with one attached hydrogen (secondary N) is 1. The molecule has 0 unspecified atom stereocenters. The van der Waals surface area contributed by atoms with Crippen molar-refractivity contribution in [2.24, 2.45) is 0 Å². The van der Waals surface area contributed by atoms with Crippen molar-refractivity contribution in [2.75, 3.05) is 50.9 Å². The zero-order chi connectivity index (χ0) is 21.0. The summed E-state index contributed by atoms with van der Waals surface area (Å²) in [6, 6.07) is 11.2. The van der Waals surface area contributed by atoms with Crippen molar-refractivity contribution in [3.05, 3.63) is 42.1 Å². The minimum absolute atomic E-state index is 0.0646. The molecule has 1 aromatic carbocycles. The van der Waals surface area contributed by atoms with Crippen LogP contribution < -0.4 is 5.32 Å². The lowest BCUT2D eigenvalue weighted by Gasteiger charge is -2.26. The highest BCUT2D eigenvalue weighted by atomic mass is 32.2. The molecule has 2 saturated heterocycles. The Morgan fingerprint density at radius 1 is 1.20 bits per heavy atom. The summed E-state index contributed by atoms with van der Waals surface area (Å²) in [7, 11) is -3.06. The summed E-state index contributed by atoms with van der Waals surface area (Å²) in [4.78, 5) is 15.0. The maximum Gasteiger partial charge on any atom is 0.271 e. The van der Waals surface area contributed by atoms with Crippen molar-refractivity contribution >= 4 is 15.7 Å². The van der Waals surface area contributed by atoms with Crippen LogP contribution in [-0.2, 0) is 14.6 Å². The average molecular weight is 433 g/mol. The van der Waals surface area contributed by atoms with Crippen LogP contribution in [0.25, 0.3) is 11.3 Å². The summed E-state index contributed by atoms with van der Waals surface area (Å²) in [6.07, 6.45) is 1.38. The Bertz CT molecular complexity index is 968. The van der Waals surface area contributed by atoms with Gasteiger partial charge in [0.1, 0.15) is 0 Å². The Morgan fingerprint density at radius 2 is 1.97 bits per heavy atom. The zero-order valence-electron chi connectivity index (χ0n) is 17.0. The number of carbonyl (C=O) groups is 1. The highest BCUT2D eigenvalue weighted by Crippen LogP contribution is 2.30. The minimum atomic E-state index is -3.06. The lowest BCUT2D eigenvalue weighted by Crippen LogP contribution is -2.38. The maximum atomic E-state index is 12.7. The number of benzene rings is 1. The topological polar surface area (TPSA) is 93.5 Å². The summed E-state index contributed by atoms with van der Waals surface area (Å²) >= 11 is 0. The van der Waals surface area contributed by atoms with Gasteiger partial charge in [0.25, 0.3) is 5.91 Å². The molecular weight excluding hydrogens is 404 g/mol. The molecule has 1 atom stereocenters. The third-order valence-electron chi connectivity index (χ3n) is 5.63. The molecule has 0 aliphatic carbocycles. The van der Waals surface area contributed by atoms with Crippen LogP contribution in [0.15, 0.2) is 36.4 Å². The van der Waals surface area contributed by atoms with E-state index in [0.29, 0.717) is 18.7 Å². The first-order valence-electron chi connectivity index (χ1n) is 10.5. The van der Waals surface area contributed by atoms with Crippen molar-refractivity contribution in [3.8, 4) is 11.3 Å². The van der Waals surface area contributed by atoms with E-state index in [4.69, 9.17) is 4.74 Å². The minimum Gasteiger partial charge on any atom is -0.379 e. The van der Waals surface area contributed by atoms with E-state index in [2.05, 4.69) is 15.3 Å². The number of carbonyl (C=O) groups excluding carboxylic acids is 1. The Morgan fingerprint density at radius 3 is 2.67 bits per heavy atom. The van der Waals surface area contributed by atoms with Gasteiger partial charge in [0, 0.05) is 19.6 Å². The molecule has 2 aromatic rings. The van der Waals surface area contributed by atoms with Crippen molar-refractivity contribution in [3.63, 3.8) is 0 Å². The van der Waals surface area contributed by atoms with Crippen LogP contribution in [0, 0.1) is 0 Å². The van der Waals surface area contributed by atoms with Gasteiger partial charge in [0.05, 0.1) is 36.5 Å². The summed E-state index contributed by atoms with van der Waals surface area (Å²) in [5.41, 5.74) is 2.02. The lowest BCUT2D eigenvalue weighted by molar-refractivity contribution is 0.0374. The van der Waals surface area contributed by atoms with Crippen LogP contribution in [0.5, 0.6) is 0 Å². The number of amides is 1. The first-order chi connectivity index (χ1) is 14.5. The zero-order valence-corrected chi connectivity index (χ0v) is 17.8. The Labute approximate surface area is 177 Å². The van der Waals surface area contributed by atoms with Gasteiger partial charge in [-0.15, -0.1) is 0 Å². The number of hydrogen-bond acceptors (Lipinski definition) is 6. The normalized spacial score (nSPS) is 21.5. The van der Waals surface area contributed by atoms with Gasteiger partial charge in [-0.1, -0.05) is 30.3 Å². The highest BCUT2D eigenvalue weighted by molar-refractivity contribution is 7.91. The van der Waals surface area contributed by atoms with Gasteiger partial charge >= 0.3 is 0 Å². The second-order valence-corrected chi connectivity index (χ2v) is 10.1. The Kier molecular flexibility index (Phi) is 6.50. The van der Waals surface area contributed by atoms with Crippen molar-refractivity contribution in [2.45, 2.75) is 18.9 Å². The number of nitrogens with zero attached hydrogens (tertiary/aromatic N) is 3. The molecule has 3 heterocycles. The molecule has 2 aliphatic heterocycles. The number of hydrogen-bond donors (Lipinski definition) is 1. The number of aromatic nitrogens is 2. The quantitative estimate of drug-likeness (QED) is 0.664. The van der Waals surface area contributed by atoms with E-state index in [-0.39, 0.29) is 23.5 Å². The second kappa shape index (κ2) is 9.28. The number of rotatable bonds is 7. The lowest BCUT2D eigenvalue weighted by atomic mass is 10.1. The van der Waals surface area contributed by atoms with E-state index < -0.39 is 9.84 Å². The smallest absolute Gasteiger partial charge is 0.271 e. The molecular formula is C21H28N4O4S. The number of morpholine rings is 1. The maximum absolute atomic E-state index is 12.7. The fraction of sp³-hybridized carbons (Fsp3) is 0.524. The number of ether oxygens (including phenoxy) is 1. The largest absolute Gasteiger partial charge is 0.379 e. The van der Waals surface area contributed by atoms with Crippen LogP contribution in [0.1, 0.15) is 29.4 Å². The Hall–Kier alpha value is -2.23. The van der Waals surface area contributed by atoms with Crippen LogP contribution in [0.4, 0.5) is 0 Å². The highest BCUT2D eigenvalue weighted by Gasteiger charge is 2.32. The molecule has 0 spiro atoms. The van der Waals surface area contributed by atoms with Crippen molar-refractivity contribution in [1.82, 2.24) is 20.0 Å².